The molecule has 2 heteroatoms. The van der Waals surface area contributed by atoms with E-state index in [-0.39, 0.29) is 0 Å². The number of rotatable bonds is 5. The van der Waals surface area contributed by atoms with Crippen LogP contribution >= 0.6 is 0 Å². The van der Waals surface area contributed by atoms with Crippen molar-refractivity contribution in [2.24, 2.45) is 5.73 Å². The van der Waals surface area contributed by atoms with Gasteiger partial charge >= 0.3 is 0 Å². The molecule has 0 radical (unpaired) electrons. The highest BCUT2D eigenvalue weighted by Gasteiger charge is 2.28. The van der Waals surface area contributed by atoms with E-state index >= 15 is 0 Å². The third kappa shape index (κ3) is 2.85. The highest BCUT2D eigenvalue weighted by molar-refractivity contribution is 5.32. The van der Waals surface area contributed by atoms with Crippen LogP contribution in [-0.4, -0.2) is 30.6 Å². The maximum atomic E-state index is 5.80. The molecule has 0 amide bonds. The van der Waals surface area contributed by atoms with Crippen molar-refractivity contribution in [1.82, 2.24) is 4.90 Å². The normalized spacial score (nSPS) is 23.2. The second-order valence-corrected chi connectivity index (χ2v) is 6.16. The van der Waals surface area contributed by atoms with E-state index in [1.165, 1.54) is 45.1 Å². The number of fused-ring (bicyclic) bond motifs is 1. The molecule has 1 aromatic rings. The van der Waals surface area contributed by atoms with Gasteiger partial charge in [0.1, 0.15) is 0 Å². The molecule has 1 saturated carbocycles. The van der Waals surface area contributed by atoms with Crippen molar-refractivity contribution < 1.29 is 0 Å². The van der Waals surface area contributed by atoms with Crippen LogP contribution < -0.4 is 5.73 Å². The lowest BCUT2D eigenvalue weighted by Gasteiger charge is -2.40. The highest BCUT2D eigenvalue weighted by atomic mass is 15.2. The summed E-state index contributed by atoms with van der Waals surface area (Å²) in [6.07, 6.45) is 8.15. The van der Waals surface area contributed by atoms with Gasteiger partial charge in [0.2, 0.25) is 0 Å². The Morgan fingerprint density at radius 2 is 1.95 bits per heavy atom. The van der Waals surface area contributed by atoms with Gasteiger partial charge in [0, 0.05) is 25.7 Å². The van der Waals surface area contributed by atoms with Gasteiger partial charge in [-0.2, -0.15) is 0 Å². The first-order valence-electron chi connectivity index (χ1n) is 7.90. The molecular weight excluding hydrogens is 232 g/mol. The number of aryl methyl sites for hydroxylation is 1. The fourth-order valence-electron chi connectivity index (χ4n) is 3.67. The van der Waals surface area contributed by atoms with Gasteiger partial charge in [0.15, 0.2) is 0 Å². The first kappa shape index (κ1) is 13.1. The van der Waals surface area contributed by atoms with E-state index in [0.29, 0.717) is 0 Å². The van der Waals surface area contributed by atoms with Crippen molar-refractivity contribution in [2.45, 2.75) is 50.5 Å². The molecule has 0 heterocycles. The van der Waals surface area contributed by atoms with E-state index in [1.807, 2.05) is 0 Å². The fraction of sp³-hybridized carbons (Fsp3) is 0.647. The third-order valence-corrected chi connectivity index (χ3v) is 4.96. The molecule has 1 unspecified atom stereocenters. The van der Waals surface area contributed by atoms with Crippen LogP contribution in [-0.2, 0) is 6.42 Å². The van der Waals surface area contributed by atoms with Crippen molar-refractivity contribution in [1.29, 1.82) is 0 Å². The number of nitrogens with zero attached hydrogens (tertiary/aromatic N) is 1. The lowest BCUT2D eigenvalue weighted by Crippen LogP contribution is -2.45. The molecular formula is C17H26N2. The Labute approximate surface area is 117 Å². The fourth-order valence-corrected chi connectivity index (χ4v) is 3.67. The maximum absolute atomic E-state index is 5.80. The molecule has 0 spiro atoms. The summed E-state index contributed by atoms with van der Waals surface area (Å²) in [5.41, 5.74) is 8.99. The van der Waals surface area contributed by atoms with E-state index in [4.69, 9.17) is 5.73 Å². The first-order valence-corrected chi connectivity index (χ1v) is 7.90. The number of benzene rings is 1. The van der Waals surface area contributed by atoms with Gasteiger partial charge in [-0.1, -0.05) is 30.7 Å². The van der Waals surface area contributed by atoms with Crippen LogP contribution in [0.25, 0.3) is 0 Å². The summed E-state index contributed by atoms with van der Waals surface area (Å²) in [5.74, 6) is 0.733. The standard InChI is InChI=1S/C17H26N2/c18-11-12-19(16-8-4-9-16)13-15-7-3-6-14-5-1-2-10-17(14)15/h1-2,5,10,15-16H,3-4,6-9,11-13,18H2. The number of hydrogen-bond acceptors (Lipinski definition) is 2. The molecule has 2 nitrogen and oxygen atoms in total. The monoisotopic (exact) mass is 258 g/mol. The molecule has 2 aliphatic carbocycles. The summed E-state index contributed by atoms with van der Waals surface area (Å²) < 4.78 is 0. The molecule has 3 rings (SSSR count). The molecule has 0 aromatic heterocycles. The zero-order valence-electron chi connectivity index (χ0n) is 11.9. The van der Waals surface area contributed by atoms with Crippen molar-refractivity contribution in [3.63, 3.8) is 0 Å². The Morgan fingerprint density at radius 3 is 2.68 bits per heavy atom. The average molecular weight is 258 g/mol. The minimum Gasteiger partial charge on any atom is -0.329 e. The van der Waals surface area contributed by atoms with E-state index in [2.05, 4.69) is 29.2 Å². The van der Waals surface area contributed by atoms with Crippen molar-refractivity contribution in [3.05, 3.63) is 35.4 Å². The average Bonchev–Trinajstić information content (AvgIpc) is 2.37. The summed E-state index contributed by atoms with van der Waals surface area (Å²) in [5, 5.41) is 0. The number of hydrogen-bond donors (Lipinski definition) is 1. The van der Waals surface area contributed by atoms with Crippen LogP contribution in [0.5, 0.6) is 0 Å². The van der Waals surface area contributed by atoms with Crippen LogP contribution in [0, 0.1) is 0 Å². The van der Waals surface area contributed by atoms with E-state index < -0.39 is 0 Å². The Bertz CT molecular complexity index is 411. The number of nitrogens with two attached hydrogens (primary N) is 1. The maximum Gasteiger partial charge on any atom is 0.0108 e. The van der Waals surface area contributed by atoms with Crippen molar-refractivity contribution >= 4 is 0 Å². The summed E-state index contributed by atoms with van der Waals surface area (Å²) in [4.78, 5) is 2.66. The van der Waals surface area contributed by atoms with Crippen molar-refractivity contribution in [2.75, 3.05) is 19.6 Å². The van der Waals surface area contributed by atoms with E-state index in [1.54, 1.807) is 11.1 Å². The quantitative estimate of drug-likeness (QED) is 0.880. The van der Waals surface area contributed by atoms with Gasteiger partial charge in [0.25, 0.3) is 0 Å². The molecule has 2 N–H and O–H groups in total. The van der Waals surface area contributed by atoms with Gasteiger partial charge in [0.05, 0.1) is 0 Å². The van der Waals surface area contributed by atoms with Gasteiger partial charge < -0.3 is 5.73 Å². The zero-order valence-corrected chi connectivity index (χ0v) is 11.9. The van der Waals surface area contributed by atoms with Crippen LogP contribution in [0.4, 0.5) is 0 Å². The minimum absolute atomic E-state index is 0.733. The minimum atomic E-state index is 0.733. The summed E-state index contributed by atoms with van der Waals surface area (Å²) >= 11 is 0. The third-order valence-electron chi connectivity index (χ3n) is 4.96. The molecule has 2 aliphatic rings. The van der Waals surface area contributed by atoms with Crippen LogP contribution in [0.1, 0.15) is 49.1 Å². The summed E-state index contributed by atoms with van der Waals surface area (Å²) in [6, 6.07) is 9.87. The van der Waals surface area contributed by atoms with E-state index in [9.17, 15) is 0 Å². The second kappa shape index (κ2) is 6.06. The zero-order chi connectivity index (χ0) is 13.1. The van der Waals surface area contributed by atoms with Gasteiger partial charge in [-0.05, 0) is 49.1 Å². The lowest BCUT2D eigenvalue weighted by molar-refractivity contribution is 0.120. The Balaban J connectivity index is 1.71. The smallest absolute Gasteiger partial charge is 0.0108 e. The Morgan fingerprint density at radius 1 is 1.11 bits per heavy atom. The molecule has 19 heavy (non-hydrogen) atoms. The Hall–Kier alpha value is -0.860. The van der Waals surface area contributed by atoms with Gasteiger partial charge in [-0.25, -0.2) is 0 Å². The van der Waals surface area contributed by atoms with E-state index in [0.717, 1.165) is 25.0 Å². The molecule has 1 fully saturated rings. The molecule has 0 aliphatic heterocycles. The van der Waals surface area contributed by atoms with Gasteiger partial charge in [-0.3, -0.25) is 4.90 Å². The first-order chi connectivity index (χ1) is 9.38. The molecule has 1 atom stereocenters. The predicted molar refractivity (Wildman–Crippen MR) is 80.4 cm³/mol. The SMILES string of the molecule is NCCN(CC1CCCc2ccccc21)C1CCC1. The predicted octanol–water partition coefficient (Wildman–Crippen LogP) is 2.92. The van der Waals surface area contributed by atoms with Crippen molar-refractivity contribution in [3.8, 4) is 0 Å². The van der Waals surface area contributed by atoms with Crippen LogP contribution in [0.15, 0.2) is 24.3 Å². The molecule has 104 valence electrons. The molecule has 0 bridgehead atoms. The van der Waals surface area contributed by atoms with Crippen LogP contribution in [0.3, 0.4) is 0 Å². The summed E-state index contributed by atoms with van der Waals surface area (Å²) in [6.45, 7) is 3.09. The van der Waals surface area contributed by atoms with Crippen LogP contribution in [0.2, 0.25) is 0 Å². The molecule has 1 aromatic carbocycles. The molecule has 0 saturated heterocycles. The Kier molecular flexibility index (Phi) is 4.19. The topological polar surface area (TPSA) is 29.3 Å². The second-order valence-electron chi connectivity index (χ2n) is 6.16. The highest BCUT2D eigenvalue weighted by Crippen LogP contribution is 2.34. The van der Waals surface area contributed by atoms with Gasteiger partial charge in [-0.15, -0.1) is 0 Å². The summed E-state index contributed by atoms with van der Waals surface area (Å²) in [7, 11) is 0. The largest absolute Gasteiger partial charge is 0.329 e. The lowest BCUT2D eigenvalue weighted by atomic mass is 9.81.